The molecule has 0 atom stereocenters. The Balaban J connectivity index is 0.000000561. The van der Waals surface area contributed by atoms with Crippen LogP contribution in [0.4, 0.5) is 5.69 Å². The maximum Gasteiger partial charge on any atom is 0.144 e. The van der Waals surface area contributed by atoms with E-state index in [4.69, 9.17) is 10.2 Å². The molecule has 0 aliphatic heterocycles. The fourth-order valence-corrected chi connectivity index (χ4v) is 2.32. The number of hydrogen-bond acceptors (Lipinski definition) is 2. The van der Waals surface area contributed by atoms with Crippen LogP contribution < -0.4 is 5.73 Å². The molecule has 0 amide bonds. The standard InChI is InChI=1S/C16H15NO.2C2H6/c1-3-10(2)11-8-9-13(17)15-12-6-4-5-7-14(12)18-16(11)15;2*1-2/h4-9H,2-3,17H2,1H3;2*1-2H3. The minimum absolute atomic E-state index is 0.752. The summed E-state index contributed by atoms with van der Waals surface area (Å²) in [6, 6.07) is 11.9. The summed E-state index contributed by atoms with van der Waals surface area (Å²) in [6.07, 6.45) is 0.899. The van der Waals surface area contributed by atoms with Gasteiger partial charge in [0, 0.05) is 16.6 Å². The van der Waals surface area contributed by atoms with E-state index >= 15 is 0 Å². The molecule has 2 aromatic carbocycles. The molecule has 0 saturated carbocycles. The van der Waals surface area contributed by atoms with E-state index in [1.54, 1.807) is 0 Å². The number of para-hydroxylation sites is 1. The summed E-state index contributed by atoms with van der Waals surface area (Å²) in [5, 5.41) is 2.06. The Morgan fingerprint density at radius 1 is 1.05 bits per heavy atom. The molecule has 0 aliphatic rings. The molecule has 0 spiro atoms. The molecular weight excluding hydrogens is 270 g/mol. The molecule has 3 aromatic rings. The van der Waals surface area contributed by atoms with Gasteiger partial charge in [-0.3, -0.25) is 0 Å². The smallest absolute Gasteiger partial charge is 0.144 e. The second-order valence-corrected chi connectivity index (χ2v) is 4.46. The summed E-state index contributed by atoms with van der Waals surface area (Å²) >= 11 is 0. The second kappa shape index (κ2) is 8.28. The van der Waals surface area contributed by atoms with Gasteiger partial charge < -0.3 is 10.2 Å². The van der Waals surface area contributed by atoms with Gasteiger partial charge in [-0.15, -0.1) is 0 Å². The maximum absolute atomic E-state index is 6.09. The first-order valence-corrected chi connectivity index (χ1v) is 8.10. The van der Waals surface area contributed by atoms with E-state index in [0.717, 1.165) is 45.2 Å². The number of anilines is 1. The Bertz CT molecular complexity index is 753. The van der Waals surface area contributed by atoms with Crippen molar-refractivity contribution in [1.82, 2.24) is 0 Å². The van der Waals surface area contributed by atoms with Gasteiger partial charge in [0.15, 0.2) is 0 Å². The van der Waals surface area contributed by atoms with Gasteiger partial charge in [0.25, 0.3) is 0 Å². The number of fused-ring (bicyclic) bond motifs is 3. The topological polar surface area (TPSA) is 39.2 Å². The van der Waals surface area contributed by atoms with E-state index in [1.165, 1.54) is 0 Å². The zero-order valence-electron chi connectivity index (χ0n) is 14.4. The molecule has 2 N–H and O–H groups in total. The highest BCUT2D eigenvalue weighted by Gasteiger charge is 2.14. The van der Waals surface area contributed by atoms with Crippen LogP contribution in [0.5, 0.6) is 0 Å². The summed E-state index contributed by atoms with van der Waals surface area (Å²) in [5.41, 5.74) is 10.7. The summed E-state index contributed by atoms with van der Waals surface area (Å²) in [6.45, 7) is 14.2. The molecule has 2 nitrogen and oxygen atoms in total. The fourth-order valence-electron chi connectivity index (χ4n) is 2.32. The molecule has 2 heteroatoms. The van der Waals surface area contributed by atoms with Crippen molar-refractivity contribution in [2.45, 2.75) is 41.0 Å². The van der Waals surface area contributed by atoms with Crippen molar-refractivity contribution in [2.75, 3.05) is 5.73 Å². The lowest BCUT2D eigenvalue weighted by molar-refractivity contribution is 0.667. The Kier molecular flexibility index (Phi) is 6.71. The zero-order valence-corrected chi connectivity index (χ0v) is 14.4. The lowest BCUT2D eigenvalue weighted by Crippen LogP contribution is -1.88. The number of benzene rings is 2. The van der Waals surface area contributed by atoms with Crippen LogP contribution in [0, 0.1) is 0 Å². The molecule has 0 saturated heterocycles. The summed E-state index contributed by atoms with van der Waals surface area (Å²) in [5.74, 6) is 0. The Morgan fingerprint density at radius 2 is 1.68 bits per heavy atom. The predicted octanol–water partition coefficient (Wildman–Crippen LogP) is 6.64. The van der Waals surface area contributed by atoms with Crippen LogP contribution in [0.1, 0.15) is 46.6 Å². The highest BCUT2D eigenvalue weighted by atomic mass is 16.3. The number of rotatable bonds is 2. The van der Waals surface area contributed by atoms with Crippen LogP contribution in [0.15, 0.2) is 47.4 Å². The fraction of sp³-hybridized carbons (Fsp3) is 0.300. The third-order valence-corrected chi connectivity index (χ3v) is 3.37. The molecule has 0 unspecified atom stereocenters. The zero-order chi connectivity index (χ0) is 16.7. The Labute approximate surface area is 133 Å². The van der Waals surface area contributed by atoms with Crippen molar-refractivity contribution in [3.63, 3.8) is 0 Å². The largest absolute Gasteiger partial charge is 0.455 e. The lowest BCUT2D eigenvalue weighted by atomic mass is 10.0. The summed E-state index contributed by atoms with van der Waals surface area (Å²) < 4.78 is 5.95. The molecule has 22 heavy (non-hydrogen) atoms. The van der Waals surface area contributed by atoms with Crippen LogP contribution in [0.3, 0.4) is 0 Å². The second-order valence-electron chi connectivity index (χ2n) is 4.46. The van der Waals surface area contributed by atoms with Crippen LogP contribution in [0.2, 0.25) is 0 Å². The van der Waals surface area contributed by atoms with Gasteiger partial charge in [-0.2, -0.15) is 0 Å². The Hall–Kier alpha value is -2.22. The molecule has 118 valence electrons. The van der Waals surface area contributed by atoms with E-state index in [1.807, 2.05) is 64.1 Å². The quantitative estimate of drug-likeness (QED) is 0.538. The third kappa shape index (κ3) is 3.16. The van der Waals surface area contributed by atoms with Gasteiger partial charge in [-0.1, -0.05) is 59.4 Å². The van der Waals surface area contributed by atoms with Crippen LogP contribution >= 0.6 is 0 Å². The highest BCUT2D eigenvalue weighted by molar-refractivity contribution is 6.13. The number of allylic oxidation sites excluding steroid dienone is 1. The number of furan rings is 1. The molecule has 0 radical (unpaired) electrons. The van der Waals surface area contributed by atoms with E-state index < -0.39 is 0 Å². The van der Waals surface area contributed by atoms with Crippen LogP contribution in [0.25, 0.3) is 27.5 Å². The molecule has 3 rings (SSSR count). The van der Waals surface area contributed by atoms with Crippen molar-refractivity contribution < 1.29 is 4.42 Å². The molecule has 0 bridgehead atoms. The van der Waals surface area contributed by atoms with Crippen molar-refractivity contribution in [3.8, 4) is 0 Å². The third-order valence-electron chi connectivity index (χ3n) is 3.37. The van der Waals surface area contributed by atoms with E-state index in [-0.39, 0.29) is 0 Å². The number of nitrogens with two attached hydrogens (primary N) is 1. The highest BCUT2D eigenvalue weighted by Crippen LogP contribution is 2.37. The van der Waals surface area contributed by atoms with Gasteiger partial charge in [0.1, 0.15) is 11.2 Å². The molecule has 1 heterocycles. The van der Waals surface area contributed by atoms with Crippen molar-refractivity contribution in [1.29, 1.82) is 0 Å². The van der Waals surface area contributed by atoms with Gasteiger partial charge >= 0.3 is 0 Å². The molecule has 0 aliphatic carbocycles. The van der Waals surface area contributed by atoms with E-state index in [0.29, 0.717) is 0 Å². The first-order chi connectivity index (χ1) is 10.7. The molecule has 1 aromatic heterocycles. The van der Waals surface area contributed by atoms with E-state index in [9.17, 15) is 0 Å². The molecule has 0 fully saturated rings. The van der Waals surface area contributed by atoms with Crippen molar-refractivity contribution in [3.05, 3.63) is 48.5 Å². The maximum atomic E-state index is 6.09. The number of hydrogen-bond donors (Lipinski definition) is 1. The average Bonchev–Trinajstić information content (AvgIpc) is 2.98. The van der Waals surface area contributed by atoms with E-state index in [2.05, 4.69) is 13.5 Å². The minimum atomic E-state index is 0.752. The van der Waals surface area contributed by atoms with Crippen LogP contribution in [-0.2, 0) is 0 Å². The van der Waals surface area contributed by atoms with Gasteiger partial charge in [-0.25, -0.2) is 0 Å². The predicted molar refractivity (Wildman–Crippen MR) is 100 cm³/mol. The monoisotopic (exact) mass is 297 g/mol. The summed E-state index contributed by atoms with van der Waals surface area (Å²) in [4.78, 5) is 0. The number of nitrogen functional groups attached to an aromatic ring is 1. The average molecular weight is 297 g/mol. The van der Waals surface area contributed by atoms with Crippen molar-refractivity contribution >= 4 is 33.2 Å². The normalized spacial score (nSPS) is 9.68. The van der Waals surface area contributed by atoms with Gasteiger partial charge in [0.05, 0.1) is 5.39 Å². The molecular formula is C20H27NO. The van der Waals surface area contributed by atoms with Crippen molar-refractivity contribution in [2.24, 2.45) is 0 Å². The lowest BCUT2D eigenvalue weighted by Gasteiger charge is -2.05. The Morgan fingerprint density at radius 3 is 2.32 bits per heavy atom. The minimum Gasteiger partial charge on any atom is -0.455 e. The van der Waals surface area contributed by atoms with Gasteiger partial charge in [0.2, 0.25) is 0 Å². The van der Waals surface area contributed by atoms with Gasteiger partial charge in [-0.05, 0) is 30.2 Å². The SMILES string of the molecule is C=C(CC)c1ccc(N)c2c1oc1ccccc12.CC.CC. The van der Waals surface area contributed by atoms with Crippen LogP contribution in [-0.4, -0.2) is 0 Å². The first-order valence-electron chi connectivity index (χ1n) is 8.10. The summed E-state index contributed by atoms with van der Waals surface area (Å²) in [7, 11) is 0. The first kappa shape index (κ1) is 17.8.